The second-order valence-electron chi connectivity index (χ2n) is 5.81. The average molecular weight is 333 g/mol. The third-order valence-electron chi connectivity index (χ3n) is 3.50. The lowest BCUT2D eigenvalue weighted by Crippen LogP contribution is -2.41. The number of aliphatic hydroxyl groups excluding tert-OH is 1. The summed E-state index contributed by atoms with van der Waals surface area (Å²) in [6.45, 7) is 5.75. The highest BCUT2D eigenvalue weighted by molar-refractivity contribution is 6.34. The number of hydrogen-bond donors (Lipinski definition) is 1. The van der Waals surface area contributed by atoms with Crippen molar-refractivity contribution in [1.82, 2.24) is 9.88 Å². The summed E-state index contributed by atoms with van der Waals surface area (Å²) in [6.07, 6.45) is 1.11. The number of carbonyl (C=O) groups excluding carboxylic acids is 1. The number of aromatic nitrogens is 1. The molecule has 1 amide bonds. The number of rotatable bonds is 5. The van der Waals surface area contributed by atoms with E-state index >= 15 is 0 Å². The number of carbonyl (C=O) groups is 1. The fourth-order valence-electron chi connectivity index (χ4n) is 2.35. The fourth-order valence-corrected chi connectivity index (χ4v) is 2.55. The number of hydrogen-bond acceptors (Lipinski definition) is 3. The first-order valence-electron chi connectivity index (χ1n) is 7.60. The Hall–Kier alpha value is -1.91. The van der Waals surface area contributed by atoms with E-state index in [2.05, 4.69) is 4.98 Å². The van der Waals surface area contributed by atoms with E-state index in [1.165, 1.54) is 0 Å². The number of halogens is 1. The Bertz CT molecular complexity index is 672. The van der Waals surface area contributed by atoms with E-state index in [1.54, 1.807) is 30.2 Å². The third kappa shape index (κ3) is 4.30. The number of benzene rings is 1. The minimum absolute atomic E-state index is 0.0355. The van der Waals surface area contributed by atoms with Crippen LogP contribution in [0.4, 0.5) is 0 Å². The van der Waals surface area contributed by atoms with Gasteiger partial charge < -0.3 is 10.0 Å². The summed E-state index contributed by atoms with van der Waals surface area (Å²) >= 11 is 6.23. The van der Waals surface area contributed by atoms with Crippen molar-refractivity contribution in [2.24, 2.45) is 0 Å². The predicted octanol–water partition coefficient (Wildman–Crippen LogP) is 3.63. The zero-order valence-corrected chi connectivity index (χ0v) is 14.3. The molecule has 5 heteroatoms. The van der Waals surface area contributed by atoms with Gasteiger partial charge in [-0.05, 0) is 45.0 Å². The second kappa shape index (κ2) is 7.57. The van der Waals surface area contributed by atoms with E-state index in [0.29, 0.717) is 10.6 Å². The zero-order chi connectivity index (χ0) is 17.0. The van der Waals surface area contributed by atoms with E-state index in [4.69, 9.17) is 11.6 Å². The first-order chi connectivity index (χ1) is 10.9. The van der Waals surface area contributed by atoms with E-state index in [0.717, 1.165) is 11.3 Å². The average Bonchev–Trinajstić information content (AvgIpc) is 2.53. The molecule has 1 unspecified atom stereocenters. The van der Waals surface area contributed by atoms with Crippen LogP contribution in [0, 0.1) is 0 Å². The van der Waals surface area contributed by atoms with Crippen LogP contribution in [0.2, 0.25) is 5.02 Å². The van der Waals surface area contributed by atoms with Gasteiger partial charge in [-0.3, -0.25) is 9.78 Å². The Morgan fingerprint density at radius 2 is 2.00 bits per heavy atom. The SMILES string of the molecule is CC(O)CN(C(=O)c1cc(-c2ccccn2)ccc1Cl)C(C)C. The highest BCUT2D eigenvalue weighted by Crippen LogP contribution is 2.25. The minimum atomic E-state index is -0.598. The maximum absolute atomic E-state index is 12.8. The van der Waals surface area contributed by atoms with Crippen molar-refractivity contribution in [3.8, 4) is 11.3 Å². The summed E-state index contributed by atoms with van der Waals surface area (Å²) in [4.78, 5) is 18.8. The number of nitrogens with zero attached hydrogens (tertiary/aromatic N) is 2. The molecule has 1 heterocycles. The lowest BCUT2D eigenvalue weighted by Gasteiger charge is -2.28. The largest absolute Gasteiger partial charge is 0.392 e. The molecule has 1 aromatic carbocycles. The van der Waals surface area contributed by atoms with Gasteiger partial charge in [-0.25, -0.2) is 0 Å². The molecule has 1 atom stereocenters. The monoisotopic (exact) mass is 332 g/mol. The molecule has 0 spiro atoms. The molecule has 23 heavy (non-hydrogen) atoms. The van der Waals surface area contributed by atoms with Gasteiger partial charge >= 0.3 is 0 Å². The molecule has 0 radical (unpaired) electrons. The summed E-state index contributed by atoms with van der Waals surface area (Å²) in [5.41, 5.74) is 2.04. The Labute approximate surface area is 141 Å². The highest BCUT2D eigenvalue weighted by Gasteiger charge is 2.22. The van der Waals surface area contributed by atoms with Crippen molar-refractivity contribution in [2.45, 2.75) is 32.9 Å². The van der Waals surface area contributed by atoms with Crippen molar-refractivity contribution >= 4 is 17.5 Å². The van der Waals surface area contributed by atoms with Gasteiger partial charge in [0, 0.05) is 24.3 Å². The van der Waals surface area contributed by atoms with Crippen molar-refractivity contribution < 1.29 is 9.90 Å². The summed E-state index contributed by atoms with van der Waals surface area (Å²) in [5.74, 6) is -0.191. The highest BCUT2D eigenvalue weighted by atomic mass is 35.5. The minimum Gasteiger partial charge on any atom is -0.392 e. The lowest BCUT2D eigenvalue weighted by atomic mass is 10.1. The lowest BCUT2D eigenvalue weighted by molar-refractivity contribution is 0.0579. The number of aliphatic hydroxyl groups is 1. The van der Waals surface area contributed by atoms with Gasteiger partial charge in [0.25, 0.3) is 5.91 Å². The molecule has 122 valence electrons. The van der Waals surface area contributed by atoms with Crippen LogP contribution in [0.15, 0.2) is 42.6 Å². The first kappa shape index (κ1) is 17.4. The summed E-state index contributed by atoms with van der Waals surface area (Å²) in [6, 6.07) is 10.9. The van der Waals surface area contributed by atoms with Crippen LogP contribution in [0.1, 0.15) is 31.1 Å². The molecule has 0 aliphatic heterocycles. The van der Waals surface area contributed by atoms with Crippen LogP contribution in [-0.2, 0) is 0 Å². The smallest absolute Gasteiger partial charge is 0.255 e. The number of amides is 1. The van der Waals surface area contributed by atoms with Gasteiger partial charge in [-0.15, -0.1) is 0 Å². The van der Waals surface area contributed by atoms with Gasteiger partial charge in [0.15, 0.2) is 0 Å². The zero-order valence-electron chi connectivity index (χ0n) is 13.5. The van der Waals surface area contributed by atoms with Gasteiger partial charge in [0.05, 0.1) is 22.4 Å². The molecular formula is C18H21ClN2O2. The standard InChI is InChI=1S/C18H21ClN2O2/c1-12(2)21(11-13(3)22)18(23)15-10-14(7-8-16(15)19)17-6-4-5-9-20-17/h4-10,12-13,22H,11H2,1-3H3. The summed E-state index contributed by atoms with van der Waals surface area (Å²) in [5, 5.41) is 10.0. The first-order valence-corrected chi connectivity index (χ1v) is 7.98. The summed E-state index contributed by atoms with van der Waals surface area (Å²) < 4.78 is 0. The molecule has 4 nitrogen and oxygen atoms in total. The Kier molecular flexibility index (Phi) is 5.74. The molecule has 2 aromatic rings. The number of pyridine rings is 1. The van der Waals surface area contributed by atoms with Gasteiger partial charge in [-0.1, -0.05) is 23.7 Å². The quantitative estimate of drug-likeness (QED) is 0.909. The molecular weight excluding hydrogens is 312 g/mol. The van der Waals surface area contributed by atoms with Crippen LogP contribution >= 0.6 is 11.6 Å². The molecule has 0 saturated heterocycles. The maximum atomic E-state index is 12.8. The van der Waals surface area contributed by atoms with E-state index in [1.807, 2.05) is 38.1 Å². The second-order valence-corrected chi connectivity index (χ2v) is 6.22. The molecule has 0 aliphatic rings. The Morgan fingerprint density at radius 3 is 2.57 bits per heavy atom. The predicted molar refractivity (Wildman–Crippen MR) is 92.5 cm³/mol. The van der Waals surface area contributed by atoms with Gasteiger partial charge in [-0.2, -0.15) is 0 Å². The molecule has 1 N–H and O–H groups in total. The Morgan fingerprint density at radius 1 is 1.26 bits per heavy atom. The maximum Gasteiger partial charge on any atom is 0.255 e. The van der Waals surface area contributed by atoms with Crippen molar-refractivity contribution in [3.05, 3.63) is 53.2 Å². The molecule has 1 aromatic heterocycles. The van der Waals surface area contributed by atoms with E-state index < -0.39 is 6.10 Å². The normalized spacial score (nSPS) is 12.3. The fraction of sp³-hybridized carbons (Fsp3) is 0.333. The Balaban J connectivity index is 2.39. The van der Waals surface area contributed by atoms with Crippen molar-refractivity contribution in [2.75, 3.05) is 6.54 Å². The molecule has 0 fully saturated rings. The van der Waals surface area contributed by atoms with Crippen LogP contribution in [0.5, 0.6) is 0 Å². The van der Waals surface area contributed by atoms with Crippen LogP contribution in [-0.4, -0.2) is 39.6 Å². The van der Waals surface area contributed by atoms with Crippen molar-refractivity contribution in [1.29, 1.82) is 0 Å². The molecule has 0 saturated carbocycles. The summed E-state index contributed by atoms with van der Waals surface area (Å²) in [7, 11) is 0. The topological polar surface area (TPSA) is 53.4 Å². The molecule has 0 bridgehead atoms. The van der Waals surface area contributed by atoms with Gasteiger partial charge in [0.2, 0.25) is 0 Å². The van der Waals surface area contributed by atoms with Crippen LogP contribution in [0.3, 0.4) is 0 Å². The van der Waals surface area contributed by atoms with E-state index in [-0.39, 0.29) is 18.5 Å². The van der Waals surface area contributed by atoms with Crippen LogP contribution < -0.4 is 0 Å². The van der Waals surface area contributed by atoms with E-state index in [9.17, 15) is 9.90 Å². The van der Waals surface area contributed by atoms with Crippen LogP contribution in [0.25, 0.3) is 11.3 Å². The molecule has 2 rings (SSSR count). The third-order valence-corrected chi connectivity index (χ3v) is 3.83. The molecule has 0 aliphatic carbocycles. The van der Waals surface area contributed by atoms with Gasteiger partial charge in [0.1, 0.15) is 0 Å². The van der Waals surface area contributed by atoms with Crippen molar-refractivity contribution in [3.63, 3.8) is 0 Å².